The van der Waals surface area contributed by atoms with Gasteiger partial charge in [-0.1, -0.05) is 52.1 Å². The highest BCUT2D eigenvalue weighted by atomic mass is 35.5. The maximum absolute atomic E-state index is 13.9. The third-order valence-corrected chi connectivity index (χ3v) is 10.7. The van der Waals surface area contributed by atoms with E-state index in [-0.39, 0.29) is 22.9 Å². The second kappa shape index (κ2) is 7.93. The monoisotopic (exact) mass is 392 g/mol. The number of hydrogen-bond donors (Lipinski definition) is 0. The Morgan fingerprint density at radius 2 is 1.85 bits per heavy atom. The van der Waals surface area contributed by atoms with Gasteiger partial charge in [-0.15, -0.1) is 11.6 Å². The molecule has 0 bridgehead atoms. The van der Waals surface area contributed by atoms with Crippen LogP contribution < -0.4 is 4.74 Å². The van der Waals surface area contributed by atoms with Crippen molar-refractivity contribution in [3.05, 3.63) is 65.0 Å². The van der Waals surface area contributed by atoms with Crippen LogP contribution in [0.15, 0.2) is 42.5 Å². The molecule has 2 rings (SSSR count). The fraction of sp³-hybridized carbons (Fsp3) is 0.381. The zero-order valence-corrected chi connectivity index (χ0v) is 17.8. The fourth-order valence-corrected chi connectivity index (χ4v) is 4.14. The lowest BCUT2D eigenvalue weighted by Gasteiger charge is -2.35. The van der Waals surface area contributed by atoms with Crippen molar-refractivity contribution in [2.75, 3.05) is 0 Å². The number of rotatable bonds is 6. The summed E-state index contributed by atoms with van der Waals surface area (Å²) in [6.07, 6.45) is 0. The van der Waals surface area contributed by atoms with Crippen LogP contribution in [-0.2, 0) is 12.5 Å². The number of halogens is 2. The Bertz CT molecular complexity index is 797. The summed E-state index contributed by atoms with van der Waals surface area (Å²) in [5, 5.41) is 0.164. The van der Waals surface area contributed by atoms with E-state index < -0.39 is 8.07 Å². The number of hydrogen-bond acceptors (Lipinski definition) is 2. The van der Waals surface area contributed by atoms with Crippen molar-refractivity contribution in [1.29, 1.82) is 0 Å². The highest BCUT2D eigenvalue weighted by Crippen LogP contribution is 2.38. The van der Waals surface area contributed by atoms with Crippen molar-refractivity contribution >= 4 is 25.1 Å². The largest absolute Gasteiger partial charge is 0.489 e. The van der Waals surface area contributed by atoms with Crippen molar-refractivity contribution in [2.24, 2.45) is 0 Å². The molecule has 0 spiro atoms. The third-order valence-electron chi connectivity index (χ3n) is 5.20. The topological polar surface area (TPSA) is 26.3 Å². The van der Waals surface area contributed by atoms with Crippen LogP contribution in [0.25, 0.3) is 0 Å². The van der Waals surface area contributed by atoms with Crippen LogP contribution in [0.4, 0.5) is 4.39 Å². The molecule has 0 atom stereocenters. The molecule has 0 N–H and O–H groups in total. The minimum absolute atomic E-state index is 0.0356. The van der Waals surface area contributed by atoms with Gasteiger partial charge in [-0.2, -0.15) is 0 Å². The van der Waals surface area contributed by atoms with Gasteiger partial charge >= 0.3 is 0 Å². The number of carbonyl (C=O) groups excluding carboxylic acids is 1. The molecule has 0 fully saturated rings. The number of carbonyl (C=O) groups is 1. The number of alkyl halides is 1. The van der Waals surface area contributed by atoms with E-state index >= 15 is 0 Å². The van der Waals surface area contributed by atoms with Crippen LogP contribution in [0.5, 0.6) is 5.75 Å². The molecule has 0 aliphatic rings. The van der Waals surface area contributed by atoms with E-state index in [0.717, 1.165) is 5.56 Å². The average Bonchev–Trinajstić information content (AvgIpc) is 2.59. The van der Waals surface area contributed by atoms with Gasteiger partial charge in [0, 0.05) is 17.0 Å². The second-order valence-electron chi connectivity index (χ2n) is 8.08. The predicted octanol–water partition coefficient (Wildman–Crippen LogP) is 6.37. The van der Waals surface area contributed by atoms with Gasteiger partial charge in [0.05, 0.1) is 0 Å². The first kappa shape index (κ1) is 20.7. The molecule has 0 aromatic heterocycles. The summed E-state index contributed by atoms with van der Waals surface area (Å²) in [6.45, 7) is 10.6. The minimum atomic E-state index is -2.15. The van der Waals surface area contributed by atoms with E-state index in [1.54, 1.807) is 30.3 Å². The molecule has 2 aromatic rings. The van der Waals surface area contributed by atoms with Crippen molar-refractivity contribution in [2.45, 2.75) is 51.4 Å². The quantitative estimate of drug-likeness (QED) is 0.421. The standard InChI is InChI=1S/C21H26ClFO2Si/c1-21(2,3)26(4,5)20(24)16-7-6-8-18(12-16)25-14-17-11-15(13-22)9-10-19(17)23/h6-12H,13-14H2,1-5H3. The summed E-state index contributed by atoms with van der Waals surface area (Å²) in [7, 11) is -2.15. The molecule has 26 heavy (non-hydrogen) atoms. The van der Waals surface area contributed by atoms with Gasteiger partial charge in [0.15, 0.2) is 0 Å². The molecule has 2 aromatic carbocycles. The maximum Gasteiger partial charge on any atom is 0.140 e. The van der Waals surface area contributed by atoms with Gasteiger partial charge in [0.2, 0.25) is 0 Å². The van der Waals surface area contributed by atoms with Gasteiger partial charge in [-0.3, -0.25) is 0 Å². The van der Waals surface area contributed by atoms with E-state index in [2.05, 4.69) is 33.9 Å². The zero-order valence-electron chi connectivity index (χ0n) is 16.0. The molecular formula is C21H26ClFO2Si. The van der Waals surface area contributed by atoms with E-state index in [4.69, 9.17) is 16.3 Å². The lowest BCUT2D eigenvalue weighted by molar-refractivity contribution is 0.106. The molecule has 0 saturated carbocycles. The first-order valence-corrected chi connectivity index (χ1v) is 12.2. The van der Waals surface area contributed by atoms with Gasteiger partial charge in [-0.25, -0.2) is 4.39 Å². The summed E-state index contributed by atoms with van der Waals surface area (Å²) in [5.74, 6) is 0.557. The Hall–Kier alpha value is -1.65. The van der Waals surface area contributed by atoms with Crippen molar-refractivity contribution in [1.82, 2.24) is 0 Å². The van der Waals surface area contributed by atoms with Crippen LogP contribution in [-0.4, -0.2) is 13.5 Å². The van der Waals surface area contributed by atoms with Crippen molar-refractivity contribution in [3.8, 4) is 5.75 Å². The number of benzene rings is 2. The molecule has 0 aliphatic heterocycles. The molecule has 0 saturated heterocycles. The predicted molar refractivity (Wildman–Crippen MR) is 108 cm³/mol. The Morgan fingerprint density at radius 1 is 1.15 bits per heavy atom. The summed E-state index contributed by atoms with van der Waals surface area (Å²) >= 11 is 5.81. The zero-order chi connectivity index (χ0) is 19.5. The lowest BCUT2D eigenvalue weighted by Crippen LogP contribution is -2.46. The second-order valence-corrected chi connectivity index (χ2v) is 13.6. The Labute approximate surface area is 161 Å². The highest BCUT2D eigenvalue weighted by Gasteiger charge is 2.42. The van der Waals surface area contributed by atoms with Crippen LogP contribution in [0.2, 0.25) is 18.1 Å². The first-order valence-electron chi connectivity index (χ1n) is 8.67. The molecule has 0 heterocycles. The summed E-state index contributed by atoms with van der Waals surface area (Å²) in [6, 6.07) is 11.9. The van der Waals surface area contributed by atoms with Crippen LogP contribution >= 0.6 is 11.6 Å². The van der Waals surface area contributed by atoms with E-state index in [1.165, 1.54) is 6.07 Å². The smallest absolute Gasteiger partial charge is 0.140 e. The molecule has 5 heteroatoms. The van der Waals surface area contributed by atoms with Crippen LogP contribution in [0.3, 0.4) is 0 Å². The van der Waals surface area contributed by atoms with Crippen molar-refractivity contribution < 1.29 is 13.9 Å². The Kier molecular flexibility index (Phi) is 6.30. The molecule has 2 nitrogen and oxygen atoms in total. The maximum atomic E-state index is 13.9. The number of ether oxygens (including phenoxy) is 1. The summed E-state index contributed by atoms with van der Waals surface area (Å²) in [4.78, 5) is 13.0. The molecule has 0 amide bonds. The van der Waals surface area contributed by atoms with Gasteiger partial charge in [-0.05, 0) is 34.9 Å². The first-order chi connectivity index (χ1) is 12.1. The highest BCUT2D eigenvalue weighted by molar-refractivity contribution is 7.08. The van der Waals surface area contributed by atoms with Crippen LogP contribution in [0.1, 0.15) is 42.3 Å². The molecule has 0 unspecified atom stereocenters. The van der Waals surface area contributed by atoms with Gasteiger partial charge < -0.3 is 9.53 Å². The van der Waals surface area contributed by atoms with Crippen LogP contribution in [0, 0.1) is 5.82 Å². The van der Waals surface area contributed by atoms with Gasteiger partial charge in [0.1, 0.15) is 31.7 Å². The Balaban J connectivity index is 2.19. The SMILES string of the molecule is CC(C)(C)[Si](C)(C)C(=O)c1cccc(OCc2cc(CCl)ccc2F)c1. The molecule has 140 valence electrons. The molecule has 0 radical (unpaired) electrons. The fourth-order valence-electron chi connectivity index (χ4n) is 2.41. The summed E-state index contributed by atoms with van der Waals surface area (Å²) < 4.78 is 19.7. The summed E-state index contributed by atoms with van der Waals surface area (Å²) in [5.41, 5.74) is 1.95. The molecular weight excluding hydrogens is 367 g/mol. The normalized spacial score (nSPS) is 12.1. The van der Waals surface area contributed by atoms with Crippen molar-refractivity contribution in [3.63, 3.8) is 0 Å². The minimum Gasteiger partial charge on any atom is -0.489 e. The Morgan fingerprint density at radius 3 is 2.46 bits per heavy atom. The van der Waals surface area contributed by atoms with E-state index in [9.17, 15) is 9.18 Å². The van der Waals surface area contributed by atoms with Gasteiger partial charge in [0.25, 0.3) is 0 Å². The average molecular weight is 393 g/mol. The van der Waals surface area contributed by atoms with E-state index in [1.807, 2.05) is 6.07 Å². The molecule has 0 aliphatic carbocycles. The lowest BCUT2D eigenvalue weighted by atomic mass is 10.1. The third kappa shape index (κ3) is 4.54. The van der Waals surface area contributed by atoms with E-state index in [0.29, 0.717) is 22.8 Å².